The summed E-state index contributed by atoms with van der Waals surface area (Å²) in [5, 5.41) is 35.7. The van der Waals surface area contributed by atoms with Gasteiger partial charge in [-0.3, -0.25) is 10.2 Å². The molecule has 0 saturated carbocycles. The monoisotopic (exact) mass is 785 g/mol. The fourth-order valence-corrected chi connectivity index (χ4v) is 6.82. The number of aliphatic hydroxyl groups excluding tert-OH is 1. The number of fused-ring (bicyclic) bond motifs is 3. The zero-order valence-corrected chi connectivity index (χ0v) is 31.2. The number of ether oxygens (including phenoxy) is 2. The highest BCUT2D eigenvalue weighted by molar-refractivity contribution is 6.01. The van der Waals surface area contributed by atoms with Crippen LogP contribution in [0, 0.1) is 0 Å². The number of nitrogen functional groups attached to an aromatic ring is 1. The number of morpholine rings is 2. The van der Waals surface area contributed by atoms with Gasteiger partial charge in [-0.25, -0.2) is 33.7 Å². The molecule has 2 aliphatic heterocycles. The average molecular weight is 786 g/mol. The van der Waals surface area contributed by atoms with Crippen LogP contribution in [0.1, 0.15) is 37.5 Å². The fourth-order valence-electron chi connectivity index (χ4n) is 6.82. The molecule has 9 rings (SSSR count). The third-order valence-corrected chi connectivity index (χ3v) is 9.45. The Bertz CT molecular complexity index is 2490. The number of rotatable bonds is 9. The maximum atomic E-state index is 13.2. The predicted octanol–water partition coefficient (Wildman–Crippen LogP) is 2.75. The van der Waals surface area contributed by atoms with Crippen LogP contribution in [0.15, 0.2) is 30.6 Å². The second kappa shape index (κ2) is 15.8. The SMILES string of the molecule is CC(C)(O)Cc1[nH]nc2nc(N3CCOCC3)nc(-c3cnc(N)nc3)c12.OCCc1[nH]nc2nc(N3CCOCC3)nc(-c3cccc4[nH]c(C(F)F)nc34)c12. The Labute approximate surface area is 323 Å². The summed E-state index contributed by atoms with van der Waals surface area (Å²) in [7, 11) is 0. The van der Waals surface area contributed by atoms with Crippen molar-refractivity contribution < 1.29 is 28.5 Å². The van der Waals surface area contributed by atoms with Gasteiger partial charge in [0.2, 0.25) is 17.8 Å². The van der Waals surface area contributed by atoms with Gasteiger partial charge in [-0.05, 0) is 19.9 Å². The van der Waals surface area contributed by atoms with Gasteiger partial charge in [0.25, 0.3) is 6.43 Å². The number of benzene rings is 1. The summed E-state index contributed by atoms with van der Waals surface area (Å²) < 4.78 is 37.3. The van der Waals surface area contributed by atoms with Gasteiger partial charge in [0.05, 0.1) is 65.2 Å². The van der Waals surface area contributed by atoms with Crippen molar-refractivity contribution in [3.8, 4) is 22.5 Å². The lowest BCUT2D eigenvalue weighted by molar-refractivity contribution is 0.0802. The van der Waals surface area contributed by atoms with Crippen LogP contribution in [0.4, 0.5) is 26.6 Å². The molecule has 0 unspecified atom stereocenters. The second-order valence-corrected chi connectivity index (χ2v) is 14.2. The number of aromatic amines is 3. The van der Waals surface area contributed by atoms with Gasteiger partial charge in [-0.15, -0.1) is 0 Å². The molecule has 57 heavy (non-hydrogen) atoms. The number of anilines is 3. The van der Waals surface area contributed by atoms with Gasteiger partial charge in [-0.1, -0.05) is 12.1 Å². The van der Waals surface area contributed by atoms with Crippen LogP contribution >= 0.6 is 0 Å². The van der Waals surface area contributed by atoms with Crippen LogP contribution in [0.3, 0.4) is 0 Å². The Morgan fingerprint density at radius 2 is 1.40 bits per heavy atom. The molecule has 7 aromatic rings. The molecule has 21 heteroatoms. The number of para-hydroxylation sites is 1. The number of nitrogens with zero attached hydrogens (tertiary/aromatic N) is 11. The lowest BCUT2D eigenvalue weighted by Gasteiger charge is -2.27. The van der Waals surface area contributed by atoms with E-state index >= 15 is 0 Å². The Kier molecular flexibility index (Phi) is 10.5. The van der Waals surface area contributed by atoms with Crippen molar-refractivity contribution in [3.05, 3.63) is 47.8 Å². The largest absolute Gasteiger partial charge is 0.396 e. The average Bonchev–Trinajstić information content (AvgIpc) is 3.95. The van der Waals surface area contributed by atoms with Crippen LogP contribution in [-0.2, 0) is 22.3 Å². The summed E-state index contributed by atoms with van der Waals surface area (Å²) in [5.41, 5.74) is 10.6. The quantitative estimate of drug-likeness (QED) is 0.123. The minimum atomic E-state index is -2.71. The van der Waals surface area contributed by atoms with Gasteiger partial charge in [0.15, 0.2) is 17.1 Å². The van der Waals surface area contributed by atoms with E-state index in [4.69, 9.17) is 25.2 Å². The highest BCUT2D eigenvalue weighted by atomic mass is 19.3. The number of nitrogens with two attached hydrogens (primary N) is 1. The van der Waals surface area contributed by atoms with Crippen molar-refractivity contribution in [2.75, 3.05) is 74.7 Å². The van der Waals surface area contributed by atoms with E-state index in [1.807, 2.05) is 4.90 Å². The van der Waals surface area contributed by atoms with Crippen molar-refractivity contribution in [2.45, 2.75) is 38.7 Å². The number of alkyl halides is 2. The number of aliphatic hydroxyl groups is 2. The smallest absolute Gasteiger partial charge is 0.295 e. The number of hydrogen-bond acceptors (Lipinski definition) is 16. The van der Waals surface area contributed by atoms with Crippen molar-refractivity contribution >= 4 is 50.9 Å². The van der Waals surface area contributed by atoms with E-state index in [1.165, 1.54) is 0 Å². The molecule has 7 N–H and O–H groups in total. The summed E-state index contributed by atoms with van der Waals surface area (Å²) >= 11 is 0. The third-order valence-electron chi connectivity index (χ3n) is 9.45. The first kappa shape index (κ1) is 37.9. The molecule has 8 heterocycles. The summed E-state index contributed by atoms with van der Waals surface area (Å²) in [6, 6.07) is 5.25. The van der Waals surface area contributed by atoms with Crippen molar-refractivity contribution in [2.24, 2.45) is 0 Å². The zero-order valence-electron chi connectivity index (χ0n) is 31.2. The summed E-state index contributed by atoms with van der Waals surface area (Å²) in [4.78, 5) is 37.8. The molecule has 6 aromatic heterocycles. The minimum absolute atomic E-state index is 0.0793. The molecule has 2 aliphatic rings. The standard InChI is InChI=1S/C19H19F2N7O2.C17H22N8O2/c20-16(21)18-22-12-3-1-2-10(14(12)23-18)15-13-11(4-7-29)26-27-17(13)25-19(24-15)28-5-8-30-9-6-28;1-17(2,26)7-11-12-13(10-8-19-15(18)20-9-10)21-16(22-14(12)24-23-11)25-3-5-27-6-4-25/h1-3,16,29H,4-9H2,(H,22,23)(H,24,25,26,27);8-9,26H,3-7H2,1-2H3,(H2,18,19,20)(H,21,22,23,24). The lowest BCUT2D eigenvalue weighted by atomic mass is 10.00. The number of hydrogen-bond donors (Lipinski definition) is 6. The molecule has 2 fully saturated rings. The molecule has 2 saturated heterocycles. The molecule has 0 aliphatic carbocycles. The fraction of sp³-hybridized carbons (Fsp3) is 0.417. The zero-order chi connectivity index (χ0) is 39.7. The van der Waals surface area contributed by atoms with E-state index in [2.05, 4.69) is 55.2 Å². The van der Waals surface area contributed by atoms with Gasteiger partial charge < -0.3 is 40.2 Å². The normalized spacial score (nSPS) is 15.2. The van der Waals surface area contributed by atoms with Crippen molar-refractivity contribution in [1.82, 2.24) is 60.3 Å². The van der Waals surface area contributed by atoms with Crippen LogP contribution in [0.25, 0.3) is 55.6 Å². The summed E-state index contributed by atoms with van der Waals surface area (Å²) in [5.74, 6) is 0.878. The molecule has 0 spiro atoms. The van der Waals surface area contributed by atoms with E-state index in [-0.39, 0.29) is 18.4 Å². The predicted molar refractivity (Wildman–Crippen MR) is 206 cm³/mol. The van der Waals surface area contributed by atoms with E-state index in [9.17, 15) is 19.0 Å². The van der Waals surface area contributed by atoms with Crippen molar-refractivity contribution in [1.29, 1.82) is 0 Å². The van der Waals surface area contributed by atoms with Crippen LogP contribution in [0.2, 0.25) is 0 Å². The highest BCUT2D eigenvalue weighted by Crippen LogP contribution is 2.35. The molecular formula is C36H41F2N15O4. The lowest BCUT2D eigenvalue weighted by Crippen LogP contribution is -2.37. The van der Waals surface area contributed by atoms with Crippen LogP contribution in [-0.4, -0.2) is 135 Å². The Morgan fingerprint density at radius 1 is 0.825 bits per heavy atom. The number of H-pyrrole nitrogens is 3. The van der Waals surface area contributed by atoms with Crippen LogP contribution < -0.4 is 15.5 Å². The highest BCUT2D eigenvalue weighted by Gasteiger charge is 2.26. The van der Waals surface area contributed by atoms with Gasteiger partial charge in [-0.2, -0.15) is 20.2 Å². The Balaban J connectivity index is 0.000000161. The van der Waals surface area contributed by atoms with Crippen LogP contribution in [0.5, 0.6) is 0 Å². The molecule has 1 aromatic carbocycles. The van der Waals surface area contributed by atoms with E-state index in [0.29, 0.717) is 133 Å². The van der Waals surface area contributed by atoms with Gasteiger partial charge in [0.1, 0.15) is 0 Å². The minimum Gasteiger partial charge on any atom is -0.396 e. The maximum absolute atomic E-state index is 13.2. The topological polar surface area (TPSA) is 255 Å². The molecule has 0 atom stereocenters. The maximum Gasteiger partial charge on any atom is 0.295 e. The molecule has 298 valence electrons. The first-order valence-electron chi connectivity index (χ1n) is 18.4. The number of halogens is 2. The first-order chi connectivity index (χ1) is 27.6. The third kappa shape index (κ3) is 7.99. The number of nitrogens with one attached hydrogen (secondary N) is 3. The van der Waals surface area contributed by atoms with E-state index < -0.39 is 12.0 Å². The first-order valence-corrected chi connectivity index (χ1v) is 18.4. The van der Waals surface area contributed by atoms with Gasteiger partial charge in [0, 0.05) is 80.5 Å². The molecule has 0 amide bonds. The molecule has 0 radical (unpaired) electrons. The molecule has 19 nitrogen and oxygen atoms in total. The van der Waals surface area contributed by atoms with Gasteiger partial charge >= 0.3 is 0 Å². The summed E-state index contributed by atoms with van der Waals surface area (Å²) in [6.45, 7) is 8.52. The number of aromatic nitrogens is 12. The molecular weight excluding hydrogens is 744 g/mol. The van der Waals surface area contributed by atoms with E-state index in [1.54, 1.807) is 44.4 Å². The summed E-state index contributed by atoms with van der Waals surface area (Å²) in [6.07, 6.45) is 1.27. The molecule has 0 bridgehead atoms. The number of imidazole rings is 1. The Hall–Kier alpha value is -6.03. The van der Waals surface area contributed by atoms with Crippen molar-refractivity contribution in [3.63, 3.8) is 0 Å². The second-order valence-electron chi connectivity index (χ2n) is 14.2. The van der Waals surface area contributed by atoms with E-state index in [0.717, 1.165) is 11.1 Å². The Morgan fingerprint density at radius 3 is 1.98 bits per heavy atom.